The smallest absolute Gasteiger partial charge is 0.228 e. The van der Waals surface area contributed by atoms with Gasteiger partial charge in [-0.25, -0.2) is 23.4 Å². The molecule has 0 amide bonds. The van der Waals surface area contributed by atoms with Gasteiger partial charge in [-0.15, -0.1) is 0 Å². The fourth-order valence-corrected chi connectivity index (χ4v) is 7.24. The summed E-state index contributed by atoms with van der Waals surface area (Å²) in [5.41, 5.74) is 3.60. The number of rotatable bonds is 9. The van der Waals surface area contributed by atoms with Gasteiger partial charge in [0, 0.05) is 35.4 Å². The van der Waals surface area contributed by atoms with E-state index in [2.05, 4.69) is 20.6 Å². The Morgan fingerprint density at radius 3 is 2.60 bits per heavy atom. The van der Waals surface area contributed by atoms with E-state index in [1.165, 1.54) is 0 Å². The normalized spacial score (nSPS) is 15.3. The monoisotopic (exact) mass is 613 g/mol. The summed E-state index contributed by atoms with van der Waals surface area (Å²) in [5, 5.41) is 8.88. The molecule has 43 heavy (non-hydrogen) atoms. The summed E-state index contributed by atoms with van der Waals surface area (Å²) < 4.78 is 33.0. The Morgan fingerprint density at radius 1 is 0.930 bits per heavy atom. The van der Waals surface area contributed by atoms with E-state index in [9.17, 15) is 8.42 Å². The van der Waals surface area contributed by atoms with E-state index < -0.39 is 9.84 Å². The van der Waals surface area contributed by atoms with Crippen molar-refractivity contribution in [3.63, 3.8) is 0 Å². The molecule has 2 aromatic heterocycles. The third-order valence-electron chi connectivity index (χ3n) is 7.54. The average molecular weight is 614 g/mol. The summed E-state index contributed by atoms with van der Waals surface area (Å²) in [5.74, 6) is 1.32. The maximum Gasteiger partial charge on any atom is 0.228 e. The summed E-state index contributed by atoms with van der Waals surface area (Å²) in [4.78, 5) is 13.8. The van der Waals surface area contributed by atoms with Gasteiger partial charge in [0.05, 0.1) is 22.8 Å². The minimum absolute atomic E-state index is 0.125. The van der Waals surface area contributed by atoms with E-state index in [-0.39, 0.29) is 17.5 Å². The molecule has 3 heterocycles. The predicted molar refractivity (Wildman–Crippen MR) is 171 cm³/mol. The van der Waals surface area contributed by atoms with E-state index in [1.807, 2.05) is 55.5 Å². The molecular formula is C33H32ClN5O3S. The first kappa shape index (κ1) is 29.0. The summed E-state index contributed by atoms with van der Waals surface area (Å²) in [6, 6.07) is 22.4. The second kappa shape index (κ2) is 12.7. The van der Waals surface area contributed by atoms with Crippen LogP contribution >= 0.6 is 11.6 Å². The topological polar surface area (TPSA) is 106 Å². The Bertz CT molecular complexity index is 1880. The maximum absolute atomic E-state index is 13.2. The van der Waals surface area contributed by atoms with Crippen LogP contribution in [0.1, 0.15) is 29.5 Å². The van der Waals surface area contributed by atoms with Crippen molar-refractivity contribution < 1.29 is 13.2 Å². The zero-order valence-corrected chi connectivity index (χ0v) is 25.3. The Balaban J connectivity index is 1.30. The van der Waals surface area contributed by atoms with Gasteiger partial charge in [-0.05, 0) is 72.7 Å². The number of aromatic nitrogens is 3. The van der Waals surface area contributed by atoms with Gasteiger partial charge in [-0.3, -0.25) is 0 Å². The lowest BCUT2D eigenvalue weighted by atomic mass is 10.0. The third-order valence-corrected chi connectivity index (χ3v) is 9.41. The van der Waals surface area contributed by atoms with Gasteiger partial charge in [0.25, 0.3) is 0 Å². The molecule has 0 bridgehead atoms. The number of nitrogens with one attached hydrogen (secondary N) is 2. The number of halogens is 1. The van der Waals surface area contributed by atoms with Gasteiger partial charge in [0.1, 0.15) is 5.75 Å². The quantitative estimate of drug-likeness (QED) is 0.189. The maximum atomic E-state index is 13.2. The number of fused-ring (bicyclic) bond motifs is 1. The van der Waals surface area contributed by atoms with E-state index in [0.717, 1.165) is 47.8 Å². The lowest BCUT2D eigenvalue weighted by Crippen LogP contribution is -2.38. The number of hydrogen-bond donors (Lipinski definition) is 2. The molecule has 1 fully saturated rings. The summed E-state index contributed by atoms with van der Waals surface area (Å²) in [7, 11) is -3.50. The van der Waals surface area contributed by atoms with Crippen molar-refractivity contribution in [2.24, 2.45) is 0 Å². The summed E-state index contributed by atoms with van der Waals surface area (Å²) in [6.45, 7) is 3.87. The SMILES string of the molecule is Cc1ccc2c(CS(=O)(=O)Cc3ccccc3Cl)cccc2c1Oc1ncccc1-c1ccnc(N[C@H]2CCCNC2)n1. The molecule has 220 valence electrons. The molecule has 2 N–H and O–H groups in total. The van der Waals surface area contributed by atoms with Crippen LogP contribution in [0.5, 0.6) is 11.6 Å². The van der Waals surface area contributed by atoms with Crippen molar-refractivity contribution in [1.29, 1.82) is 0 Å². The fourth-order valence-electron chi connectivity index (χ4n) is 5.41. The average Bonchev–Trinajstić information content (AvgIpc) is 3.00. The van der Waals surface area contributed by atoms with Crippen LogP contribution in [0, 0.1) is 6.92 Å². The minimum atomic E-state index is -3.50. The van der Waals surface area contributed by atoms with E-state index in [4.69, 9.17) is 21.3 Å². The van der Waals surface area contributed by atoms with Gasteiger partial charge in [-0.1, -0.05) is 60.1 Å². The van der Waals surface area contributed by atoms with E-state index in [1.54, 1.807) is 36.7 Å². The lowest BCUT2D eigenvalue weighted by molar-refractivity contribution is 0.466. The predicted octanol–water partition coefficient (Wildman–Crippen LogP) is 6.72. The molecule has 10 heteroatoms. The molecule has 0 aliphatic carbocycles. The van der Waals surface area contributed by atoms with Crippen LogP contribution in [0.25, 0.3) is 22.0 Å². The van der Waals surface area contributed by atoms with Crippen LogP contribution in [-0.4, -0.2) is 42.5 Å². The summed E-state index contributed by atoms with van der Waals surface area (Å²) in [6.07, 6.45) is 5.58. The Morgan fingerprint density at radius 2 is 1.77 bits per heavy atom. The lowest BCUT2D eigenvalue weighted by Gasteiger charge is -2.23. The molecule has 1 saturated heterocycles. The first-order chi connectivity index (χ1) is 20.9. The molecule has 3 aromatic carbocycles. The van der Waals surface area contributed by atoms with Crippen LogP contribution in [0.3, 0.4) is 0 Å². The van der Waals surface area contributed by atoms with Crippen LogP contribution in [0.2, 0.25) is 5.02 Å². The molecule has 6 rings (SSSR count). The standard InChI is InChI=1S/C33H32ClN5O3S/c1-22-13-14-26-23(20-43(40,41)21-24-7-2-3-12-29(24)34)8-4-10-27(26)31(22)42-32-28(11-6-17-36-32)30-15-18-37-33(39-30)38-25-9-5-16-35-19-25/h2-4,6-8,10-15,17-18,25,35H,5,9,16,19-21H2,1H3,(H,37,38,39)/t25-/m0/s1. The highest BCUT2D eigenvalue weighted by Gasteiger charge is 2.20. The van der Waals surface area contributed by atoms with Crippen LogP contribution < -0.4 is 15.4 Å². The van der Waals surface area contributed by atoms with Gasteiger partial charge in [0.2, 0.25) is 11.8 Å². The third kappa shape index (κ3) is 6.80. The highest BCUT2D eigenvalue weighted by Crippen LogP contribution is 2.38. The molecule has 1 aliphatic rings. The number of benzene rings is 3. The number of nitrogens with zero attached hydrogens (tertiary/aromatic N) is 3. The second-order valence-electron chi connectivity index (χ2n) is 10.8. The molecular weight excluding hydrogens is 582 g/mol. The van der Waals surface area contributed by atoms with Crippen LogP contribution in [0.15, 0.2) is 85.2 Å². The minimum Gasteiger partial charge on any atom is -0.437 e. The zero-order chi connectivity index (χ0) is 29.8. The zero-order valence-electron chi connectivity index (χ0n) is 23.8. The number of aryl methyl sites for hydroxylation is 1. The first-order valence-corrected chi connectivity index (χ1v) is 16.4. The van der Waals surface area contributed by atoms with Gasteiger partial charge < -0.3 is 15.4 Å². The van der Waals surface area contributed by atoms with Crippen LogP contribution in [-0.2, 0) is 21.3 Å². The number of hydrogen-bond acceptors (Lipinski definition) is 8. The number of piperidine rings is 1. The molecule has 0 saturated carbocycles. The van der Waals surface area contributed by atoms with Gasteiger partial charge in [-0.2, -0.15) is 0 Å². The number of sulfone groups is 1. The van der Waals surface area contributed by atoms with Crippen molar-refractivity contribution in [1.82, 2.24) is 20.3 Å². The Kier molecular flexibility index (Phi) is 8.56. The first-order valence-electron chi connectivity index (χ1n) is 14.2. The fraction of sp³-hybridized carbons (Fsp3) is 0.242. The van der Waals surface area contributed by atoms with Crippen molar-refractivity contribution >= 4 is 38.2 Å². The van der Waals surface area contributed by atoms with Gasteiger partial charge >= 0.3 is 0 Å². The molecule has 0 radical (unpaired) electrons. The highest BCUT2D eigenvalue weighted by molar-refractivity contribution is 7.89. The molecule has 1 aliphatic heterocycles. The van der Waals surface area contributed by atoms with Crippen molar-refractivity contribution in [3.05, 3.63) is 107 Å². The molecule has 8 nitrogen and oxygen atoms in total. The van der Waals surface area contributed by atoms with Crippen molar-refractivity contribution in [2.75, 3.05) is 18.4 Å². The Labute approximate surface area is 256 Å². The largest absolute Gasteiger partial charge is 0.437 e. The van der Waals surface area contributed by atoms with Crippen molar-refractivity contribution in [2.45, 2.75) is 37.3 Å². The van der Waals surface area contributed by atoms with E-state index in [0.29, 0.717) is 39.4 Å². The number of pyridine rings is 1. The highest BCUT2D eigenvalue weighted by atomic mass is 35.5. The van der Waals surface area contributed by atoms with E-state index >= 15 is 0 Å². The molecule has 0 spiro atoms. The van der Waals surface area contributed by atoms with Gasteiger partial charge in [0.15, 0.2) is 9.84 Å². The second-order valence-corrected chi connectivity index (χ2v) is 13.2. The number of ether oxygens (including phenoxy) is 1. The van der Waals surface area contributed by atoms with Crippen molar-refractivity contribution in [3.8, 4) is 22.9 Å². The molecule has 1 atom stereocenters. The number of anilines is 1. The van der Waals surface area contributed by atoms with Crippen LogP contribution in [0.4, 0.5) is 5.95 Å². The molecule has 0 unspecified atom stereocenters. The molecule has 5 aromatic rings. The summed E-state index contributed by atoms with van der Waals surface area (Å²) >= 11 is 6.25. The Hall–Kier alpha value is -4.05.